The van der Waals surface area contributed by atoms with Crippen LogP contribution in [0, 0.1) is 0 Å². The Bertz CT molecular complexity index is 1000. The molecule has 1 aromatic heterocycles. The average Bonchev–Trinajstić information content (AvgIpc) is 3.36. The highest BCUT2D eigenvalue weighted by atomic mass is 32.2. The van der Waals surface area contributed by atoms with Gasteiger partial charge in [-0.1, -0.05) is 12.1 Å². The Morgan fingerprint density at radius 1 is 1.04 bits per heavy atom. The molecule has 0 spiro atoms. The Balaban J connectivity index is 1.40. The first-order valence-corrected chi connectivity index (χ1v) is 11.7. The maximum atomic E-state index is 12.8. The number of carbonyl (C=O) groups is 1. The van der Waals surface area contributed by atoms with Crippen LogP contribution in [0.15, 0.2) is 42.5 Å². The fraction of sp³-hybridized carbons (Fsp3) is 0.318. The number of thioether (sulfide) groups is 2. The molecule has 1 saturated heterocycles. The number of hydrogen-bond acceptors (Lipinski definition) is 3. The van der Waals surface area contributed by atoms with Crippen molar-refractivity contribution in [3.8, 4) is 0 Å². The van der Waals surface area contributed by atoms with E-state index < -0.39 is 0 Å². The lowest BCUT2D eigenvalue weighted by molar-refractivity contribution is 0.102. The van der Waals surface area contributed by atoms with Gasteiger partial charge >= 0.3 is 0 Å². The Morgan fingerprint density at radius 3 is 2.78 bits per heavy atom. The summed E-state index contributed by atoms with van der Waals surface area (Å²) in [5.74, 6) is 2.37. The van der Waals surface area contributed by atoms with Gasteiger partial charge in [-0.05, 0) is 67.1 Å². The standard InChI is InChI=1S/C22H22N2OS2/c25-21(23-16-5-3-4-15(12-16)22-26-10-11-27-22)14-8-9-20-18(13-14)17-6-1-2-7-19(17)24-20/h3-5,8-9,12-13,22,24H,1-2,6-7,10-11H2,(H,23,25). The molecule has 138 valence electrons. The van der Waals surface area contributed by atoms with Crippen LogP contribution in [0.1, 0.15) is 44.6 Å². The number of H-pyrrole nitrogens is 1. The van der Waals surface area contributed by atoms with Crippen LogP contribution in [-0.4, -0.2) is 22.4 Å². The van der Waals surface area contributed by atoms with Crippen molar-refractivity contribution in [3.63, 3.8) is 0 Å². The maximum Gasteiger partial charge on any atom is 0.255 e. The molecule has 1 aliphatic heterocycles. The first kappa shape index (κ1) is 17.3. The number of hydrogen-bond donors (Lipinski definition) is 2. The van der Waals surface area contributed by atoms with Gasteiger partial charge in [-0.15, -0.1) is 23.5 Å². The van der Waals surface area contributed by atoms with Gasteiger partial charge in [0.1, 0.15) is 0 Å². The number of fused-ring (bicyclic) bond motifs is 3. The smallest absolute Gasteiger partial charge is 0.255 e. The van der Waals surface area contributed by atoms with E-state index in [9.17, 15) is 4.79 Å². The number of amides is 1. The normalized spacial score (nSPS) is 17.2. The first-order valence-electron chi connectivity index (χ1n) is 9.56. The number of carbonyl (C=O) groups excluding carboxylic acids is 1. The second-order valence-corrected chi connectivity index (χ2v) is 9.93. The van der Waals surface area contributed by atoms with E-state index in [1.165, 1.54) is 46.6 Å². The fourth-order valence-electron chi connectivity index (χ4n) is 4.06. The molecule has 0 atom stereocenters. The van der Waals surface area contributed by atoms with Gasteiger partial charge in [-0.2, -0.15) is 0 Å². The number of benzene rings is 2. The zero-order valence-electron chi connectivity index (χ0n) is 15.1. The van der Waals surface area contributed by atoms with E-state index in [0.717, 1.165) is 29.6 Å². The van der Waals surface area contributed by atoms with Crippen molar-refractivity contribution < 1.29 is 4.79 Å². The monoisotopic (exact) mass is 394 g/mol. The summed E-state index contributed by atoms with van der Waals surface area (Å²) in [5, 5.41) is 4.30. The van der Waals surface area contributed by atoms with Gasteiger partial charge in [0.2, 0.25) is 0 Å². The van der Waals surface area contributed by atoms with Crippen molar-refractivity contribution in [1.82, 2.24) is 4.98 Å². The third-order valence-electron chi connectivity index (χ3n) is 5.40. The van der Waals surface area contributed by atoms with Gasteiger partial charge in [0, 0.05) is 39.4 Å². The van der Waals surface area contributed by atoms with E-state index in [1.807, 2.05) is 47.8 Å². The summed E-state index contributed by atoms with van der Waals surface area (Å²) < 4.78 is 0.490. The molecule has 0 bridgehead atoms. The number of aromatic amines is 1. The number of rotatable bonds is 3. The molecule has 3 nitrogen and oxygen atoms in total. The highest BCUT2D eigenvalue weighted by Crippen LogP contribution is 2.45. The third kappa shape index (κ3) is 3.39. The summed E-state index contributed by atoms with van der Waals surface area (Å²) in [6, 6.07) is 14.3. The molecule has 1 fully saturated rings. The minimum absolute atomic E-state index is 0.0356. The Morgan fingerprint density at radius 2 is 1.89 bits per heavy atom. The molecule has 1 aliphatic carbocycles. The molecule has 1 amide bonds. The molecule has 27 heavy (non-hydrogen) atoms. The second kappa shape index (κ2) is 7.28. The van der Waals surface area contributed by atoms with Gasteiger partial charge in [0.15, 0.2) is 0 Å². The molecule has 2 N–H and O–H groups in total. The summed E-state index contributed by atoms with van der Waals surface area (Å²) in [7, 11) is 0. The van der Waals surface area contributed by atoms with Crippen LogP contribution in [0.25, 0.3) is 10.9 Å². The molecule has 3 aromatic rings. The molecule has 2 heterocycles. The fourth-order valence-corrected chi connectivity index (χ4v) is 6.90. The molecule has 0 unspecified atom stereocenters. The molecule has 2 aliphatic rings. The molecular formula is C22H22N2OS2. The van der Waals surface area contributed by atoms with E-state index in [-0.39, 0.29) is 5.91 Å². The predicted molar refractivity (Wildman–Crippen MR) is 117 cm³/mol. The summed E-state index contributed by atoms with van der Waals surface area (Å²) in [6.45, 7) is 0. The van der Waals surface area contributed by atoms with Gasteiger partial charge in [-0.3, -0.25) is 4.79 Å². The second-order valence-electron chi connectivity index (χ2n) is 7.20. The zero-order chi connectivity index (χ0) is 18.2. The average molecular weight is 395 g/mol. The van der Waals surface area contributed by atoms with E-state index in [2.05, 4.69) is 28.5 Å². The van der Waals surface area contributed by atoms with Gasteiger partial charge in [-0.25, -0.2) is 0 Å². The summed E-state index contributed by atoms with van der Waals surface area (Å²) in [5.41, 5.74) is 6.80. The van der Waals surface area contributed by atoms with Crippen LogP contribution in [0.5, 0.6) is 0 Å². The van der Waals surface area contributed by atoms with Gasteiger partial charge in [0.25, 0.3) is 5.91 Å². The summed E-state index contributed by atoms with van der Waals surface area (Å²) in [4.78, 5) is 16.4. The lowest BCUT2D eigenvalue weighted by Gasteiger charge is -2.12. The van der Waals surface area contributed by atoms with E-state index in [4.69, 9.17) is 0 Å². The van der Waals surface area contributed by atoms with Crippen LogP contribution < -0.4 is 5.32 Å². The topological polar surface area (TPSA) is 44.9 Å². The number of anilines is 1. The minimum Gasteiger partial charge on any atom is -0.358 e. The van der Waals surface area contributed by atoms with Crippen LogP contribution in [0.3, 0.4) is 0 Å². The Labute approximate surface area is 167 Å². The third-order valence-corrected chi connectivity index (χ3v) is 8.50. The van der Waals surface area contributed by atoms with Gasteiger partial charge in [0.05, 0.1) is 4.58 Å². The maximum absolute atomic E-state index is 12.8. The number of aromatic nitrogens is 1. The molecular weight excluding hydrogens is 372 g/mol. The number of nitrogens with one attached hydrogen (secondary N) is 2. The van der Waals surface area contributed by atoms with Crippen LogP contribution in [0.2, 0.25) is 0 Å². The molecule has 0 radical (unpaired) electrons. The quantitative estimate of drug-likeness (QED) is 0.592. The van der Waals surface area contributed by atoms with Crippen LogP contribution >= 0.6 is 23.5 Å². The highest BCUT2D eigenvalue weighted by molar-refractivity contribution is 8.19. The molecule has 2 aromatic carbocycles. The first-order chi connectivity index (χ1) is 13.3. The van der Waals surface area contributed by atoms with Crippen LogP contribution in [0.4, 0.5) is 5.69 Å². The highest BCUT2D eigenvalue weighted by Gasteiger charge is 2.19. The lowest BCUT2D eigenvalue weighted by Crippen LogP contribution is -2.12. The Hall–Kier alpha value is -1.85. The van der Waals surface area contributed by atoms with E-state index in [0.29, 0.717) is 4.58 Å². The largest absolute Gasteiger partial charge is 0.358 e. The Kier molecular flexibility index (Phi) is 4.66. The van der Waals surface area contributed by atoms with Gasteiger partial charge < -0.3 is 10.3 Å². The van der Waals surface area contributed by atoms with Crippen molar-refractivity contribution in [1.29, 1.82) is 0 Å². The van der Waals surface area contributed by atoms with Crippen molar-refractivity contribution in [2.75, 3.05) is 16.8 Å². The molecule has 0 saturated carbocycles. The molecule has 5 heteroatoms. The zero-order valence-corrected chi connectivity index (χ0v) is 16.7. The van der Waals surface area contributed by atoms with Crippen molar-refractivity contribution in [2.45, 2.75) is 30.3 Å². The summed E-state index contributed by atoms with van der Waals surface area (Å²) in [6.07, 6.45) is 4.72. The lowest BCUT2D eigenvalue weighted by atomic mass is 9.95. The van der Waals surface area contributed by atoms with E-state index in [1.54, 1.807) is 0 Å². The van der Waals surface area contributed by atoms with E-state index >= 15 is 0 Å². The number of aryl methyl sites for hydroxylation is 2. The predicted octanol–water partition coefficient (Wildman–Crippen LogP) is 5.78. The van der Waals surface area contributed by atoms with Crippen molar-refractivity contribution in [2.24, 2.45) is 0 Å². The minimum atomic E-state index is -0.0356. The molecule has 5 rings (SSSR count). The summed E-state index contributed by atoms with van der Waals surface area (Å²) >= 11 is 3.96. The SMILES string of the molecule is O=C(Nc1cccc(C2SCCS2)c1)c1ccc2[nH]c3c(c2c1)CCCC3. The van der Waals surface area contributed by atoms with Crippen molar-refractivity contribution >= 4 is 46.0 Å². The van der Waals surface area contributed by atoms with Crippen LogP contribution in [-0.2, 0) is 12.8 Å². The van der Waals surface area contributed by atoms with Crippen molar-refractivity contribution in [3.05, 3.63) is 64.8 Å².